The minimum atomic E-state index is -0.705. The lowest BCUT2D eigenvalue weighted by Gasteiger charge is -1.98. The molecule has 3 rings (SSSR count). The molecule has 3 aromatic rings. The Hall–Kier alpha value is -2.58. The van der Waals surface area contributed by atoms with E-state index in [9.17, 15) is 14.0 Å². The van der Waals surface area contributed by atoms with Gasteiger partial charge in [-0.05, 0) is 30.3 Å². The molecule has 0 atom stereocenters. The second-order valence-corrected chi connectivity index (χ2v) is 5.35. The number of aromatic nitrogens is 1. The van der Waals surface area contributed by atoms with E-state index in [-0.39, 0.29) is 11.1 Å². The third-order valence-corrected chi connectivity index (χ3v) is 3.98. The first-order valence-electron chi connectivity index (χ1n) is 6.10. The molecule has 0 N–H and O–H groups in total. The Labute approximate surface area is 123 Å². The molecule has 0 aliphatic carbocycles. The van der Waals surface area contributed by atoms with Gasteiger partial charge < -0.3 is 0 Å². The number of thiazole rings is 1. The molecule has 102 valence electrons. The van der Waals surface area contributed by atoms with Crippen LogP contribution in [0.5, 0.6) is 0 Å². The van der Waals surface area contributed by atoms with Gasteiger partial charge in [0.05, 0.1) is 15.8 Å². The van der Waals surface area contributed by atoms with Crippen LogP contribution in [0.1, 0.15) is 10.6 Å². The number of benzene rings is 2. The van der Waals surface area contributed by atoms with Crippen LogP contribution in [-0.4, -0.2) is 4.98 Å². The molecular weight excluding hydrogens is 290 g/mol. The molecule has 21 heavy (non-hydrogen) atoms. The first-order chi connectivity index (χ1) is 10.2. The molecule has 1 heterocycles. The molecule has 0 bridgehead atoms. The van der Waals surface area contributed by atoms with E-state index < -0.39 is 11.6 Å². The molecule has 0 fully saturated rings. The second kappa shape index (κ2) is 5.43. The maximum atomic E-state index is 13.7. The van der Waals surface area contributed by atoms with E-state index in [1.54, 1.807) is 0 Å². The SMILES string of the molecule is N#C/C(=C/c1ccc(F)cc1F)c1nc2ccccc2s1. The third-order valence-electron chi connectivity index (χ3n) is 2.91. The van der Waals surface area contributed by atoms with Gasteiger partial charge in [0.15, 0.2) is 0 Å². The summed E-state index contributed by atoms with van der Waals surface area (Å²) in [5.74, 6) is -1.35. The summed E-state index contributed by atoms with van der Waals surface area (Å²) in [6.45, 7) is 0. The van der Waals surface area contributed by atoms with Crippen LogP contribution in [0.4, 0.5) is 8.78 Å². The van der Waals surface area contributed by atoms with Crippen molar-refractivity contribution in [3.05, 3.63) is 64.7 Å². The van der Waals surface area contributed by atoms with Gasteiger partial charge in [-0.2, -0.15) is 5.26 Å². The van der Waals surface area contributed by atoms with Gasteiger partial charge in [-0.25, -0.2) is 13.8 Å². The number of allylic oxidation sites excluding steroid dienone is 1. The Bertz CT molecular complexity index is 858. The number of halogens is 2. The summed E-state index contributed by atoms with van der Waals surface area (Å²) in [6, 6.07) is 12.8. The van der Waals surface area contributed by atoms with Crippen molar-refractivity contribution in [3.63, 3.8) is 0 Å². The molecule has 0 aliphatic heterocycles. The number of rotatable bonds is 2. The van der Waals surface area contributed by atoms with Crippen molar-refractivity contribution < 1.29 is 8.78 Å². The average Bonchev–Trinajstić information content (AvgIpc) is 2.90. The lowest BCUT2D eigenvalue weighted by molar-refractivity contribution is 0.581. The molecule has 2 aromatic carbocycles. The van der Waals surface area contributed by atoms with Crippen molar-refractivity contribution in [1.82, 2.24) is 4.98 Å². The van der Waals surface area contributed by atoms with Crippen molar-refractivity contribution in [2.24, 2.45) is 0 Å². The Morgan fingerprint density at radius 1 is 1.19 bits per heavy atom. The fourth-order valence-corrected chi connectivity index (χ4v) is 2.83. The predicted octanol–water partition coefficient (Wildman–Crippen LogP) is 4.64. The van der Waals surface area contributed by atoms with E-state index in [1.807, 2.05) is 30.3 Å². The van der Waals surface area contributed by atoms with Crippen LogP contribution in [0.15, 0.2) is 42.5 Å². The highest BCUT2D eigenvalue weighted by Gasteiger charge is 2.10. The van der Waals surface area contributed by atoms with Crippen molar-refractivity contribution in [2.45, 2.75) is 0 Å². The zero-order chi connectivity index (χ0) is 14.8. The van der Waals surface area contributed by atoms with Gasteiger partial charge in [0, 0.05) is 11.6 Å². The van der Waals surface area contributed by atoms with Crippen LogP contribution in [0.2, 0.25) is 0 Å². The Kier molecular flexibility index (Phi) is 3.46. The van der Waals surface area contributed by atoms with Gasteiger partial charge in [0.1, 0.15) is 22.7 Å². The monoisotopic (exact) mass is 298 g/mol. The predicted molar refractivity (Wildman–Crippen MR) is 79.5 cm³/mol. The first kappa shape index (κ1) is 13.4. The number of hydrogen-bond acceptors (Lipinski definition) is 3. The Morgan fingerprint density at radius 3 is 2.71 bits per heavy atom. The van der Waals surface area contributed by atoms with Crippen LogP contribution < -0.4 is 0 Å². The third kappa shape index (κ3) is 2.67. The summed E-state index contributed by atoms with van der Waals surface area (Å²) in [7, 11) is 0. The van der Waals surface area contributed by atoms with Crippen LogP contribution >= 0.6 is 11.3 Å². The quantitative estimate of drug-likeness (QED) is 0.646. The van der Waals surface area contributed by atoms with Gasteiger partial charge in [-0.3, -0.25) is 0 Å². The number of fused-ring (bicyclic) bond motifs is 1. The van der Waals surface area contributed by atoms with E-state index in [1.165, 1.54) is 23.5 Å². The number of nitrogens with zero attached hydrogens (tertiary/aromatic N) is 2. The molecule has 0 saturated heterocycles. The van der Waals surface area contributed by atoms with E-state index in [0.29, 0.717) is 5.01 Å². The summed E-state index contributed by atoms with van der Waals surface area (Å²) in [5.41, 5.74) is 1.20. The topological polar surface area (TPSA) is 36.7 Å². The first-order valence-corrected chi connectivity index (χ1v) is 6.92. The van der Waals surface area contributed by atoms with E-state index >= 15 is 0 Å². The fraction of sp³-hybridized carbons (Fsp3) is 0. The number of nitriles is 1. The zero-order valence-corrected chi connectivity index (χ0v) is 11.5. The summed E-state index contributed by atoms with van der Waals surface area (Å²) in [4.78, 5) is 4.36. The Balaban J connectivity index is 2.09. The zero-order valence-electron chi connectivity index (χ0n) is 10.7. The van der Waals surface area contributed by atoms with Gasteiger partial charge in [0.25, 0.3) is 0 Å². The van der Waals surface area contributed by atoms with Crippen molar-refractivity contribution in [2.75, 3.05) is 0 Å². The lowest BCUT2D eigenvalue weighted by Crippen LogP contribution is -1.86. The second-order valence-electron chi connectivity index (χ2n) is 4.32. The molecule has 0 radical (unpaired) electrons. The summed E-state index contributed by atoms with van der Waals surface area (Å²) >= 11 is 1.36. The molecule has 0 saturated carbocycles. The summed E-state index contributed by atoms with van der Waals surface area (Å²) in [5, 5.41) is 9.78. The number of para-hydroxylation sites is 1. The minimum absolute atomic E-state index is 0.159. The van der Waals surface area contributed by atoms with Crippen LogP contribution in [0.25, 0.3) is 21.9 Å². The van der Waals surface area contributed by atoms with Gasteiger partial charge >= 0.3 is 0 Å². The van der Waals surface area contributed by atoms with Crippen LogP contribution in [0.3, 0.4) is 0 Å². The molecule has 0 unspecified atom stereocenters. The highest BCUT2D eigenvalue weighted by atomic mass is 32.1. The van der Waals surface area contributed by atoms with E-state index in [4.69, 9.17) is 0 Å². The van der Waals surface area contributed by atoms with Crippen LogP contribution in [0, 0.1) is 23.0 Å². The normalized spacial score (nSPS) is 11.6. The standard InChI is InChI=1S/C16H8F2N2S/c17-12-6-5-10(13(18)8-12)7-11(9-19)16-20-14-3-1-2-4-15(14)21-16/h1-8H/b11-7-. The maximum absolute atomic E-state index is 13.7. The van der Waals surface area contributed by atoms with Crippen molar-refractivity contribution in [3.8, 4) is 6.07 Å². The largest absolute Gasteiger partial charge is 0.235 e. The van der Waals surface area contributed by atoms with Crippen molar-refractivity contribution >= 4 is 33.2 Å². The van der Waals surface area contributed by atoms with E-state index in [2.05, 4.69) is 4.98 Å². The molecule has 2 nitrogen and oxygen atoms in total. The molecule has 5 heteroatoms. The smallest absolute Gasteiger partial charge is 0.135 e. The lowest BCUT2D eigenvalue weighted by atomic mass is 10.1. The van der Waals surface area contributed by atoms with Gasteiger partial charge in [-0.15, -0.1) is 11.3 Å². The summed E-state index contributed by atoms with van der Waals surface area (Å²) in [6.07, 6.45) is 1.38. The molecular formula is C16H8F2N2S. The highest BCUT2D eigenvalue weighted by Crippen LogP contribution is 2.28. The summed E-state index contributed by atoms with van der Waals surface area (Å²) < 4.78 is 27.5. The van der Waals surface area contributed by atoms with Crippen molar-refractivity contribution in [1.29, 1.82) is 5.26 Å². The molecule has 0 aliphatic rings. The minimum Gasteiger partial charge on any atom is -0.235 e. The number of hydrogen-bond donors (Lipinski definition) is 0. The maximum Gasteiger partial charge on any atom is 0.135 e. The fourth-order valence-electron chi connectivity index (χ4n) is 1.90. The molecule has 0 spiro atoms. The van der Waals surface area contributed by atoms with E-state index in [0.717, 1.165) is 22.3 Å². The highest BCUT2D eigenvalue weighted by molar-refractivity contribution is 7.19. The van der Waals surface area contributed by atoms with Crippen LogP contribution in [-0.2, 0) is 0 Å². The van der Waals surface area contributed by atoms with Gasteiger partial charge in [0.2, 0.25) is 0 Å². The Morgan fingerprint density at radius 2 is 2.00 bits per heavy atom. The average molecular weight is 298 g/mol. The molecule has 0 amide bonds. The molecule has 1 aromatic heterocycles. The van der Waals surface area contributed by atoms with Gasteiger partial charge in [-0.1, -0.05) is 12.1 Å².